The van der Waals surface area contributed by atoms with E-state index >= 15 is 0 Å². The summed E-state index contributed by atoms with van der Waals surface area (Å²) in [5.41, 5.74) is 1.60. The molecule has 166 valence electrons. The van der Waals surface area contributed by atoms with E-state index in [0.29, 0.717) is 5.75 Å². The number of rotatable bonds is 7. The molecule has 0 saturated carbocycles. The fourth-order valence-electron chi connectivity index (χ4n) is 4.88. The van der Waals surface area contributed by atoms with Crippen molar-refractivity contribution in [2.75, 3.05) is 0 Å². The van der Waals surface area contributed by atoms with Crippen LogP contribution >= 0.6 is 0 Å². The van der Waals surface area contributed by atoms with Gasteiger partial charge in [0.25, 0.3) is 0 Å². The summed E-state index contributed by atoms with van der Waals surface area (Å²) in [6.45, 7) is 6.45. The summed E-state index contributed by atoms with van der Waals surface area (Å²) >= 11 is 0. The molecule has 0 radical (unpaired) electrons. The van der Waals surface area contributed by atoms with Gasteiger partial charge in [-0.25, -0.2) is 0 Å². The van der Waals surface area contributed by atoms with Gasteiger partial charge in [-0.15, -0.1) is 0 Å². The molecule has 0 aromatic heterocycles. The maximum Gasteiger partial charge on any atom is 0.339 e. The van der Waals surface area contributed by atoms with Crippen molar-refractivity contribution < 1.29 is 17.3 Å². The van der Waals surface area contributed by atoms with Crippen LogP contribution in [-0.2, 0) is 16.5 Å². The quantitative estimate of drug-likeness (QED) is 0.284. The van der Waals surface area contributed by atoms with E-state index in [4.69, 9.17) is 8.92 Å². The molecule has 4 nitrogen and oxygen atoms in total. The van der Waals surface area contributed by atoms with E-state index < -0.39 is 10.1 Å². The highest BCUT2D eigenvalue weighted by molar-refractivity contribution is 7.87. The zero-order valence-electron chi connectivity index (χ0n) is 18.6. The standard InChI is InChI=1S/C26H32O4S/c1-4-5-7-12-19-17-23-25(21-15-10-11-16-22(21)26(2,3)29-23)24(18-19)30-31(27,28)20-13-8-6-9-14-20/h6,8-10,13-15,17-18,21-22H,4-5,7,11-12,16H2,1-3H3. The van der Waals surface area contributed by atoms with Crippen molar-refractivity contribution in [1.82, 2.24) is 0 Å². The van der Waals surface area contributed by atoms with Crippen LogP contribution in [-0.4, -0.2) is 14.0 Å². The molecule has 0 amide bonds. The molecule has 0 saturated heterocycles. The highest BCUT2D eigenvalue weighted by atomic mass is 32.2. The zero-order chi connectivity index (χ0) is 22.1. The summed E-state index contributed by atoms with van der Waals surface area (Å²) in [6, 6.07) is 12.3. The normalized spacial score (nSPS) is 21.6. The van der Waals surface area contributed by atoms with Crippen molar-refractivity contribution in [3.63, 3.8) is 0 Å². The molecule has 1 aliphatic heterocycles. The Balaban J connectivity index is 1.80. The Morgan fingerprint density at radius 1 is 1.13 bits per heavy atom. The molecular formula is C26H32O4S. The molecule has 0 spiro atoms. The minimum atomic E-state index is -3.93. The third-order valence-corrected chi connectivity index (χ3v) is 7.73. The average molecular weight is 441 g/mol. The third-order valence-electron chi connectivity index (χ3n) is 6.48. The van der Waals surface area contributed by atoms with E-state index in [9.17, 15) is 8.42 Å². The van der Waals surface area contributed by atoms with Gasteiger partial charge in [0.1, 0.15) is 16.2 Å². The van der Waals surface area contributed by atoms with Crippen molar-refractivity contribution in [3.05, 3.63) is 65.7 Å². The molecular weight excluding hydrogens is 408 g/mol. The lowest BCUT2D eigenvalue weighted by Gasteiger charge is -2.46. The maximum atomic E-state index is 13.1. The largest absolute Gasteiger partial charge is 0.487 e. The van der Waals surface area contributed by atoms with Gasteiger partial charge in [-0.2, -0.15) is 8.42 Å². The Kier molecular flexibility index (Phi) is 6.16. The molecule has 1 heterocycles. The Labute approximate surface area is 186 Å². The smallest absolute Gasteiger partial charge is 0.339 e. The minimum Gasteiger partial charge on any atom is -0.487 e. The first kappa shape index (κ1) is 21.9. The van der Waals surface area contributed by atoms with Crippen molar-refractivity contribution in [1.29, 1.82) is 0 Å². The second-order valence-corrected chi connectivity index (χ2v) is 10.7. The lowest BCUT2D eigenvalue weighted by atomic mass is 9.69. The van der Waals surface area contributed by atoms with E-state index in [2.05, 4.69) is 39.0 Å². The van der Waals surface area contributed by atoms with Crippen LogP contribution in [0.25, 0.3) is 0 Å². The Hall–Kier alpha value is -2.27. The van der Waals surface area contributed by atoms with Crippen LogP contribution in [0.15, 0.2) is 59.5 Å². The first-order valence-electron chi connectivity index (χ1n) is 11.3. The minimum absolute atomic E-state index is 0.0816. The highest BCUT2D eigenvalue weighted by Crippen LogP contribution is 2.53. The average Bonchev–Trinajstić information content (AvgIpc) is 2.74. The third kappa shape index (κ3) is 4.52. The molecule has 2 aliphatic rings. The van der Waals surface area contributed by atoms with E-state index in [1.165, 1.54) is 0 Å². The fourth-order valence-corrected chi connectivity index (χ4v) is 5.84. The summed E-state index contributed by atoms with van der Waals surface area (Å²) in [7, 11) is -3.93. The second kappa shape index (κ2) is 8.70. The predicted molar refractivity (Wildman–Crippen MR) is 123 cm³/mol. The molecule has 5 heteroatoms. The molecule has 2 aromatic rings. The lowest BCUT2D eigenvalue weighted by Crippen LogP contribution is -2.45. The monoisotopic (exact) mass is 440 g/mol. The van der Waals surface area contributed by atoms with Crippen molar-refractivity contribution in [2.45, 2.75) is 75.7 Å². The van der Waals surface area contributed by atoms with Crippen LogP contribution < -0.4 is 8.92 Å². The maximum absolute atomic E-state index is 13.1. The molecule has 0 fully saturated rings. The number of hydrogen-bond acceptors (Lipinski definition) is 4. The SMILES string of the molecule is CCCCCc1cc2c(c(OS(=O)(=O)c3ccccc3)c1)C1C=CCCC1C(C)(C)O2. The Morgan fingerprint density at radius 3 is 2.65 bits per heavy atom. The zero-order valence-corrected chi connectivity index (χ0v) is 19.5. The van der Waals surface area contributed by atoms with Crippen LogP contribution in [0.2, 0.25) is 0 Å². The van der Waals surface area contributed by atoms with Crippen LogP contribution in [0.3, 0.4) is 0 Å². The van der Waals surface area contributed by atoms with Crippen LogP contribution in [0.4, 0.5) is 0 Å². The highest BCUT2D eigenvalue weighted by Gasteiger charge is 2.45. The Morgan fingerprint density at radius 2 is 1.90 bits per heavy atom. The first-order chi connectivity index (χ1) is 14.8. The van der Waals surface area contributed by atoms with Crippen molar-refractivity contribution in [2.24, 2.45) is 5.92 Å². The van der Waals surface area contributed by atoms with Gasteiger partial charge in [0.05, 0.1) is 0 Å². The first-order valence-corrected chi connectivity index (χ1v) is 12.7. The summed E-state index contributed by atoms with van der Waals surface area (Å²) in [5.74, 6) is 1.52. The number of fused-ring (bicyclic) bond motifs is 3. The molecule has 2 atom stereocenters. The van der Waals surface area contributed by atoms with Gasteiger partial charge in [-0.3, -0.25) is 0 Å². The number of ether oxygens (including phenoxy) is 1. The summed E-state index contributed by atoms with van der Waals surface area (Å²) < 4.78 is 38.4. The lowest BCUT2D eigenvalue weighted by molar-refractivity contribution is 0.0118. The number of hydrogen-bond donors (Lipinski definition) is 0. The van der Waals surface area contributed by atoms with Gasteiger partial charge in [0.15, 0.2) is 5.75 Å². The Bertz CT molecular complexity index is 1050. The van der Waals surface area contributed by atoms with Gasteiger partial charge in [0, 0.05) is 17.4 Å². The predicted octanol–water partition coefficient (Wildman–Crippen LogP) is 6.41. The number of allylic oxidation sites excluding steroid dienone is 2. The summed E-state index contributed by atoms with van der Waals surface area (Å²) in [5, 5.41) is 0. The fraction of sp³-hybridized carbons (Fsp3) is 0.462. The van der Waals surface area contributed by atoms with E-state index in [1.807, 2.05) is 6.07 Å². The van der Waals surface area contributed by atoms with Gasteiger partial charge >= 0.3 is 10.1 Å². The van der Waals surface area contributed by atoms with Gasteiger partial charge < -0.3 is 8.92 Å². The number of unbranched alkanes of at least 4 members (excludes halogenated alkanes) is 2. The molecule has 0 N–H and O–H groups in total. The van der Waals surface area contributed by atoms with Crippen molar-refractivity contribution >= 4 is 10.1 Å². The van der Waals surface area contributed by atoms with Crippen LogP contribution in [0, 0.1) is 5.92 Å². The van der Waals surface area contributed by atoms with Gasteiger partial charge in [-0.1, -0.05) is 50.1 Å². The summed E-state index contributed by atoms with van der Waals surface area (Å²) in [4.78, 5) is 0.160. The number of benzene rings is 2. The van der Waals surface area contributed by atoms with Crippen LogP contribution in [0.5, 0.6) is 11.5 Å². The molecule has 0 bridgehead atoms. The number of aryl methyl sites for hydroxylation is 1. The van der Waals surface area contributed by atoms with E-state index in [-0.39, 0.29) is 22.3 Å². The van der Waals surface area contributed by atoms with Gasteiger partial charge in [0.2, 0.25) is 0 Å². The molecule has 1 aliphatic carbocycles. The summed E-state index contributed by atoms with van der Waals surface area (Å²) in [6.07, 6.45) is 10.6. The van der Waals surface area contributed by atoms with Crippen LogP contribution in [0.1, 0.15) is 69.9 Å². The topological polar surface area (TPSA) is 52.6 Å². The molecule has 4 rings (SSSR count). The van der Waals surface area contributed by atoms with Gasteiger partial charge in [-0.05, 0) is 69.4 Å². The van der Waals surface area contributed by atoms with E-state index in [1.54, 1.807) is 30.3 Å². The second-order valence-electron chi connectivity index (χ2n) is 9.16. The molecule has 2 aromatic carbocycles. The molecule has 2 unspecified atom stereocenters. The molecule has 31 heavy (non-hydrogen) atoms. The van der Waals surface area contributed by atoms with Crippen molar-refractivity contribution in [3.8, 4) is 11.5 Å². The van der Waals surface area contributed by atoms with E-state index in [0.717, 1.165) is 55.4 Å².